The maximum Gasteiger partial charge on any atom is 0.341 e. The number of furan rings is 1. The number of benzene rings is 1. The lowest BCUT2D eigenvalue weighted by atomic mass is 10.1. The van der Waals surface area contributed by atoms with Gasteiger partial charge in [-0.05, 0) is 18.2 Å². The Morgan fingerprint density at radius 1 is 1.28 bits per heavy atom. The highest BCUT2D eigenvalue weighted by Crippen LogP contribution is 2.31. The first-order valence-electron chi connectivity index (χ1n) is 5.32. The van der Waals surface area contributed by atoms with Crippen molar-refractivity contribution in [3.63, 3.8) is 0 Å². The number of fused-ring (bicyclic) bond motifs is 1. The highest BCUT2D eigenvalue weighted by molar-refractivity contribution is 6.00. The quantitative estimate of drug-likeness (QED) is 0.647. The maximum absolute atomic E-state index is 11.6. The summed E-state index contributed by atoms with van der Waals surface area (Å²) in [6.07, 6.45) is 1.42. The normalized spacial score (nSPS) is 10.7. The van der Waals surface area contributed by atoms with Crippen LogP contribution in [0.2, 0.25) is 0 Å². The van der Waals surface area contributed by atoms with Gasteiger partial charge in [0.15, 0.2) is 17.0 Å². The molecule has 0 N–H and O–H groups in total. The molecule has 0 aliphatic heterocycles. The molecule has 3 rings (SSSR count). The fourth-order valence-electron chi connectivity index (χ4n) is 1.81. The summed E-state index contributed by atoms with van der Waals surface area (Å²) in [4.78, 5) is 11.6. The summed E-state index contributed by atoms with van der Waals surface area (Å²) in [6.45, 7) is 0. The zero-order valence-corrected chi connectivity index (χ0v) is 9.54. The van der Waals surface area contributed by atoms with E-state index in [9.17, 15) is 4.79 Å². The average Bonchev–Trinajstić information content (AvgIpc) is 3.03. The predicted octanol–water partition coefficient (Wildman–Crippen LogP) is 2.87. The number of methoxy groups -OCH3 is 1. The molecule has 0 unspecified atom stereocenters. The van der Waals surface area contributed by atoms with Gasteiger partial charge in [0.2, 0.25) is 0 Å². The Kier molecular flexibility index (Phi) is 2.37. The van der Waals surface area contributed by atoms with Gasteiger partial charge in [0.05, 0.1) is 18.8 Å². The number of hydrogen-bond donors (Lipinski definition) is 0. The van der Waals surface area contributed by atoms with Gasteiger partial charge in [-0.15, -0.1) is 0 Å². The standard InChI is InChI=1S/C13H9NO4/c1-16-13(15)9-6-7-17-12(9)11-8-4-2-3-5-10(8)18-14-11/h2-7H,1H3. The molecule has 90 valence electrons. The molecule has 0 amide bonds. The first-order chi connectivity index (χ1) is 8.81. The van der Waals surface area contributed by atoms with Gasteiger partial charge in [0.25, 0.3) is 0 Å². The molecule has 0 spiro atoms. The van der Waals surface area contributed by atoms with Gasteiger partial charge < -0.3 is 13.7 Å². The minimum Gasteiger partial charge on any atom is -0.465 e. The molecule has 5 heteroatoms. The third-order valence-electron chi connectivity index (χ3n) is 2.66. The molecule has 0 radical (unpaired) electrons. The minimum atomic E-state index is -0.467. The highest BCUT2D eigenvalue weighted by atomic mass is 16.5. The number of aromatic nitrogens is 1. The van der Waals surface area contributed by atoms with E-state index < -0.39 is 5.97 Å². The first kappa shape index (κ1) is 10.6. The summed E-state index contributed by atoms with van der Waals surface area (Å²) in [5, 5.41) is 4.73. The van der Waals surface area contributed by atoms with Crippen molar-refractivity contribution in [3.8, 4) is 11.5 Å². The summed E-state index contributed by atoms with van der Waals surface area (Å²) in [6, 6.07) is 8.91. The fourth-order valence-corrected chi connectivity index (χ4v) is 1.81. The number of hydrogen-bond acceptors (Lipinski definition) is 5. The zero-order chi connectivity index (χ0) is 12.5. The largest absolute Gasteiger partial charge is 0.465 e. The van der Waals surface area contributed by atoms with E-state index in [-0.39, 0.29) is 0 Å². The van der Waals surface area contributed by atoms with Gasteiger partial charge in [-0.2, -0.15) is 0 Å². The lowest BCUT2D eigenvalue weighted by Gasteiger charge is -1.97. The number of para-hydroxylation sites is 1. The molecule has 2 heterocycles. The third-order valence-corrected chi connectivity index (χ3v) is 2.66. The summed E-state index contributed by atoms with van der Waals surface area (Å²) in [7, 11) is 1.32. The Bertz CT molecular complexity index is 710. The Morgan fingerprint density at radius 2 is 2.11 bits per heavy atom. The SMILES string of the molecule is COC(=O)c1ccoc1-c1noc2ccccc12. The summed E-state index contributed by atoms with van der Waals surface area (Å²) in [5.74, 6) is -0.113. The molecule has 5 nitrogen and oxygen atoms in total. The van der Waals surface area contributed by atoms with Gasteiger partial charge in [-0.3, -0.25) is 0 Å². The van der Waals surface area contributed by atoms with Crippen molar-refractivity contribution in [2.24, 2.45) is 0 Å². The molecule has 0 bridgehead atoms. The molecule has 0 saturated heterocycles. The van der Waals surface area contributed by atoms with E-state index >= 15 is 0 Å². The van der Waals surface area contributed by atoms with Crippen LogP contribution in [0.1, 0.15) is 10.4 Å². The number of esters is 1. The van der Waals surface area contributed by atoms with Gasteiger partial charge in [-0.25, -0.2) is 4.79 Å². The number of rotatable bonds is 2. The molecule has 1 aromatic carbocycles. The van der Waals surface area contributed by atoms with Crippen LogP contribution >= 0.6 is 0 Å². The van der Waals surface area contributed by atoms with Crippen molar-refractivity contribution in [1.82, 2.24) is 5.16 Å². The fraction of sp³-hybridized carbons (Fsp3) is 0.0769. The molecule has 3 aromatic rings. The molecule has 0 atom stereocenters. The number of nitrogens with zero attached hydrogens (tertiary/aromatic N) is 1. The number of carbonyl (C=O) groups excluding carboxylic acids is 1. The Morgan fingerprint density at radius 3 is 2.94 bits per heavy atom. The van der Waals surface area contributed by atoms with Gasteiger partial charge in [-0.1, -0.05) is 17.3 Å². The van der Waals surface area contributed by atoms with Crippen molar-refractivity contribution >= 4 is 16.9 Å². The van der Waals surface area contributed by atoms with E-state index in [1.807, 2.05) is 18.2 Å². The smallest absolute Gasteiger partial charge is 0.341 e. The van der Waals surface area contributed by atoms with Crippen LogP contribution in [0, 0.1) is 0 Å². The minimum absolute atomic E-state index is 0.330. The molecule has 2 aromatic heterocycles. The summed E-state index contributed by atoms with van der Waals surface area (Å²) < 4.78 is 15.2. The van der Waals surface area contributed by atoms with Crippen molar-refractivity contribution in [2.75, 3.05) is 7.11 Å². The molecular formula is C13H9NO4. The van der Waals surface area contributed by atoms with Crippen molar-refractivity contribution < 1.29 is 18.5 Å². The van der Waals surface area contributed by atoms with E-state index in [4.69, 9.17) is 8.94 Å². The second-order valence-electron chi connectivity index (χ2n) is 3.68. The topological polar surface area (TPSA) is 65.5 Å². The van der Waals surface area contributed by atoms with Gasteiger partial charge in [0, 0.05) is 0 Å². The van der Waals surface area contributed by atoms with Crippen molar-refractivity contribution in [3.05, 3.63) is 42.2 Å². The average molecular weight is 243 g/mol. The molecule has 0 fully saturated rings. The zero-order valence-electron chi connectivity index (χ0n) is 9.54. The first-order valence-corrected chi connectivity index (χ1v) is 5.32. The molecule has 0 aliphatic rings. The third kappa shape index (κ3) is 1.48. The second-order valence-corrected chi connectivity index (χ2v) is 3.68. The van der Waals surface area contributed by atoms with Crippen LogP contribution < -0.4 is 0 Å². The van der Waals surface area contributed by atoms with Crippen LogP contribution in [-0.2, 0) is 4.74 Å². The van der Waals surface area contributed by atoms with Crippen LogP contribution in [0.25, 0.3) is 22.4 Å². The monoisotopic (exact) mass is 243 g/mol. The van der Waals surface area contributed by atoms with Crippen LogP contribution in [0.15, 0.2) is 45.5 Å². The van der Waals surface area contributed by atoms with E-state index in [0.29, 0.717) is 22.6 Å². The van der Waals surface area contributed by atoms with Crippen LogP contribution in [0.5, 0.6) is 0 Å². The Labute approximate surface area is 102 Å². The van der Waals surface area contributed by atoms with Crippen molar-refractivity contribution in [2.45, 2.75) is 0 Å². The van der Waals surface area contributed by atoms with Gasteiger partial charge >= 0.3 is 5.97 Å². The maximum atomic E-state index is 11.6. The van der Waals surface area contributed by atoms with Crippen LogP contribution in [0.4, 0.5) is 0 Å². The Hall–Kier alpha value is -2.56. The molecular weight excluding hydrogens is 234 g/mol. The van der Waals surface area contributed by atoms with Gasteiger partial charge in [0.1, 0.15) is 5.56 Å². The summed E-state index contributed by atoms with van der Waals surface area (Å²) in [5.41, 5.74) is 1.47. The van der Waals surface area contributed by atoms with E-state index in [0.717, 1.165) is 5.39 Å². The van der Waals surface area contributed by atoms with Crippen LogP contribution in [0.3, 0.4) is 0 Å². The van der Waals surface area contributed by atoms with Crippen molar-refractivity contribution in [1.29, 1.82) is 0 Å². The summed E-state index contributed by atoms with van der Waals surface area (Å²) >= 11 is 0. The lowest BCUT2D eigenvalue weighted by Crippen LogP contribution is -2.01. The van der Waals surface area contributed by atoms with E-state index in [1.54, 1.807) is 12.1 Å². The lowest BCUT2D eigenvalue weighted by molar-refractivity contribution is 0.0601. The second kappa shape index (κ2) is 4.03. The number of carbonyl (C=O) groups is 1. The predicted molar refractivity (Wildman–Crippen MR) is 63.1 cm³/mol. The van der Waals surface area contributed by atoms with E-state index in [2.05, 4.69) is 9.89 Å². The highest BCUT2D eigenvalue weighted by Gasteiger charge is 2.21. The molecule has 0 saturated carbocycles. The number of ether oxygens (including phenoxy) is 1. The molecule has 18 heavy (non-hydrogen) atoms. The van der Waals surface area contributed by atoms with E-state index in [1.165, 1.54) is 13.4 Å². The van der Waals surface area contributed by atoms with Crippen LogP contribution in [-0.4, -0.2) is 18.2 Å². The molecule has 0 aliphatic carbocycles. The Balaban J connectivity index is 2.21.